The Morgan fingerprint density at radius 1 is 1.33 bits per heavy atom. The molecule has 0 fully saturated rings. The lowest BCUT2D eigenvalue weighted by Gasteiger charge is -2.27. The van der Waals surface area contributed by atoms with Crippen LogP contribution in [0.3, 0.4) is 0 Å². The molecule has 1 amide bonds. The number of nitro benzene ring substituents is 1. The van der Waals surface area contributed by atoms with Crippen molar-refractivity contribution in [2.75, 3.05) is 13.3 Å². The summed E-state index contributed by atoms with van der Waals surface area (Å²) in [5, 5.41) is 21.2. The lowest BCUT2D eigenvalue weighted by Crippen LogP contribution is -2.39. The Hall–Kier alpha value is -2.26. The molecule has 1 N–H and O–H groups in total. The van der Waals surface area contributed by atoms with Gasteiger partial charge in [0.15, 0.2) is 0 Å². The minimum Gasteiger partial charge on any atom is -0.387 e. The fraction of sp³-hybridized carbons (Fsp3) is 0.400. The largest absolute Gasteiger partial charge is 0.387 e. The van der Waals surface area contributed by atoms with Gasteiger partial charge in [-0.1, -0.05) is 11.6 Å². The highest BCUT2D eigenvalue weighted by atomic mass is 32.2. The summed E-state index contributed by atoms with van der Waals surface area (Å²) in [5.74, 6) is -1.89. The van der Waals surface area contributed by atoms with Gasteiger partial charge in [-0.05, 0) is 31.5 Å². The maximum atomic E-state index is 12.5. The minimum atomic E-state index is -3.77. The number of benzene rings is 1. The molecule has 1 aromatic rings. The van der Waals surface area contributed by atoms with Gasteiger partial charge in [0, 0.05) is 19.2 Å². The Kier molecular flexibility index (Phi) is 6.22. The standard InChI is InChI=1S/C15H20N2O6S/c1-5-10(2)13(15(19)16(3)24(4,22)23)14(18)11-6-8-12(9-7-11)17(20)21/h5-9,13-14,18H,1-4H3/b10-5+/t13-,14-/m1/s1. The summed E-state index contributed by atoms with van der Waals surface area (Å²) >= 11 is 0. The number of aliphatic hydroxyl groups is 1. The first-order chi connectivity index (χ1) is 11.0. The smallest absolute Gasteiger partial charge is 0.269 e. The van der Waals surface area contributed by atoms with Crippen LogP contribution in [-0.2, 0) is 14.8 Å². The van der Waals surface area contributed by atoms with Crippen molar-refractivity contribution < 1.29 is 23.2 Å². The Morgan fingerprint density at radius 2 is 1.83 bits per heavy atom. The van der Waals surface area contributed by atoms with Crippen LogP contribution in [0.4, 0.5) is 5.69 Å². The number of aliphatic hydroxyl groups excluding tert-OH is 1. The van der Waals surface area contributed by atoms with Crippen molar-refractivity contribution in [2.24, 2.45) is 5.92 Å². The molecule has 2 atom stereocenters. The second kappa shape index (κ2) is 7.54. The van der Waals surface area contributed by atoms with Crippen LogP contribution < -0.4 is 0 Å². The number of hydrogen-bond acceptors (Lipinski definition) is 6. The van der Waals surface area contributed by atoms with E-state index in [0.717, 1.165) is 13.3 Å². The van der Waals surface area contributed by atoms with E-state index in [1.807, 2.05) is 0 Å². The Balaban J connectivity index is 3.26. The minimum absolute atomic E-state index is 0.148. The predicted octanol–water partition coefficient (Wildman–Crippen LogP) is 1.63. The van der Waals surface area contributed by atoms with Gasteiger partial charge in [-0.2, -0.15) is 0 Å². The third kappa shape index (κ3) is 4.39. The third-order valence-corrected chi connectivity index (χ3v) is 4.96. The van der Waals surface area contributed by atoms with Gasteiger partial charge < -0.3 is 5.11 Å². The summed E-state index contributed by atoms with van der Waals surface area (Å²) in [6, 6.07) is 5.11. The van der Waals surface area contributed by atoms with Crippen molar-refractivity contribution in [3.05, 3.63) is 51.6 Å². The fourth-order valence-corrected chi connectivity index (χ4v) is 2.54. The summed E-state index contributed by atoms with van der Waals surface area (Å²) < 4.78 is 23.8. The summed E-state index contributed by atoms with van der Waals surface area (Å²) in [7, 11) is -2.65. The Labute approximate surface area is 140 Å². The maximum Gasteiger partial charge on any atom is 0.269 e. The molecule has 0 aliphatic rings. The number of nitro groups is 1. The zero-order valence-corrected chi connectivity index (χ0v) is 14.6. The van der Waals surface area contributed by atoms with Crippen LogP contribution in [0.15, 0.2) is 35.9 Å². The average Bonchev–Trinajstić information content (AvgIpc) is 2.52. The van der Waals surface area contributed by atoms with Gasteiger partial charge in [0.25, 0.3) is 5.69 Å². The van der Waals surface area contributed by atoms with Gasteiger partial charge in [0.1, 0.15) is 0 Å². The first-order valence-electron chi connectivity index (χ1n) is 7.03. The molecule has 24 heavy (non-hydrogen) atoms. The summed E-state index contributed by atoms with van der Waals surface area (Å²) in [5.41, 5.74) is 0.619. The molecular formula is C15H20N2O6S. The maximum absolute atomic E-state index is 12.5. The van der Waals surface area contributed by atoms with Crippen molar-refractivity contribution >= 4 is 21.6 Å². The lowest BCUT2D eigenvalue weighted by molar-refractivity contribution is -0.384. The number of rotatable bonds is 6. The fourth-order valence-electron chi connectivity index (χ4n) is 2.10. The molecule has 0 saturated heterocycles. The van der Waals surface area contributed by atoms with E-state index >= 15 is 0 Å². The van der Waals surface area contributed by atoms with Crippen LogP contribution in [-0.4, -0.2) is 42.0 Å². The molecule has 0 heterocycles. The van der Waals surface area contributed by atoms with Crippen LogP contribution in [0.5, 0.6) is 0 Å². The quantitative estimate of drug-likeness (QED) is 0.470. The molecule has 0 radical (unpaired) electrons. The van der Waals surface area contributed by atoms with Crippen molar-refractivity contribution in [1.82, 2.24) is 4.31 Å². The van der Waals surface area contributed by atoms with Crippen LogP contribution >= 0.6 is 0 Å². The second-order valence-electron chi connectivity index (χ2n) is 5.37. The van der Waals surface area contributed by atoms with Gasteiger partial charge in [-0.15, -0.1) is 0 Å². The molecule has 0 spiro atoms. The number of nitrogens with zero attached hydrogens (tertiary/aromatic N) is 2. The van der Waals surface area contributed by atoms with E-state index in [1.54, 1.807) is 19.9 Å². The molecule has 0 aliphatic carbocycles. The van der Waals surface area contributed by atoms with Crippen LogP contribution in [0, 0.1) is 16.0 Å². The molecule has 0 unspecified atom stereocenters. The molecule has 132 valence electrons. The molecule has 1 rings (SSSR count). The first-order valence-corrected chi connectivity index (χ1v) is 8.88. The van der Waals surface area contributed by atoms with Crippen molar-refractivity contribution in [2.45, 2.75) is 20.0 Å². The number of non-ortho nitro benzene ring substituents is 1. The first kappa shape index (κ1) is 19.8. The van der Waals surface area contributed by atoms with Gasteiger partial charge in [-0.25, -0.2) is 12.7 Å². The van der Waals surface area contributed by atoms with Gasteiger partial charge in [-0.3, -0.25) is 14.9 Å². The number of amides is 1. The second-order valence-corrected chi connectivity index (χ2v) is 7.39. The number of carbonyl (C=O) groups is 1. The topological polar surface area (TPSA) is 118 Å². The SMILES string of the molecule is C/C=C(\C)[C@@H](C(=O)N(C)S(C)(=O)=O)[C@H](O)c1ccc([N+](=O)[O-])cc1. The molecule has 0 bridgehead atoms. The summed E-state index contributed by atoms with van der Waals surface area (Å²) in [6.45, 7) is 3.27. The highest BCUT2D eigenvalue weighted by Gasteiger charge is 2.34. The van der Waals surface area contributed by atoms with Crippen molar-refractivity contribution in [3.63, 3.8) is 0 Å². The van der Waals surface area contributed by atoms with E-state index in [2.05, 4.69) is 0 Å². The molecule has 9 heteroatoms. The third-order valence-electron chi connectivity index (χ3n) is 3.78. The van der Waals surface area contributed by atoms with E-state index in [9.17, 15) is 28.4 Å². The highest BCUT2D eigenvalue weighted by Crippen LogP contribution is 2.31. The normalized spacial score (nSPS) is 14.8. The molecule has 0 aliphatic heterocycles. The van der Waals surface area contributed by atoms with E-state index in [0.29, 0.717) is 9.88 Å². The van der Waals surface area contributed by atoms with E-state index in [4.69, 9.17) is 0 Å². The summed E-state index contributed by atoms with van der Waals surface area (Å²) in [6.07, 6.45) is 1.16. The zero-order valence-electron chi connectivity index (χ0n) is 13.8. The highest BCUT2D eigenvalue weighted by molar-refractivity contribution is 7.88. The predicted molar refractivity (Wildman–Crippen MR) is 88.6 cm³/mol. The van der Waals surface area contributed by atoms with Crippen LogP contribution in [0.1, 0.15) is 25.5 Å². The van der Waals surface area contributed by atoms with Crippen molar-refractivity contribution in [1.29, 1.82) is 0 Å². The Bertz CT molecular complexity index is 755. The Morgan fingerprint density at radius 3 is 2.21 bits per heavy atom. The molecule has 1 aromatic carbocycles. The van der Waals surface area contributed by atoms with E-state index in [-0.39, 0.29) is 11.3 Å². The summed E-state index contributed by atoms with van der Waals surface area (Å²) in [4.78, 5) is 22.6. The van der Waals surface area contributed by atoms with Gasteiger partial charge in [0.2, 0.25) is 15.9 Å². The van der Waals surface area contributed by atoms with E-state index in [1.165, 1.54) is 24.3 Å². The number of allylic oxidation sites excluding steroid dienone is 1. The van der Waals surface area contributed by atoms with Crippen LogP contribution in [0.25, 0.3) is 0 Å². The van der Waals surface area contributed by atoms with Gasteiger partial charge >= 0.3 is 0 Å². The average molecular weight is 356 g/mol. The zero-order chi connectivity index (χ0) is 18.7. The number of hydrogen-bond donors (Lipinski definition) is 1. The lowest BCUT2D eigenvalue weighted by atomic mass is 9.88. The molecular weight excluding hydrogens is 336 g/mol. The van der Waals surface area contributed by atoms with Crippen LogP contribution in [0.2, 0.25) is 0 Å². The molecule has 0 aromatic heterocycles. The van der Waals surface area contributed by atoms with E-state index < -0.39 is 32.9 Å². The number of sulfonamides is 1. The molecule has 8 nitrogen and oxygen atoms in total. The number of carbonyl (C=O) groups excluding carboxylic acids is 1. The molecule has 0 saturated carbocycles. The van der Waals surface area contributed by atoms with Crippen molar-refractivity contribution in [3.8, 4) is 0 Å². The van der Waals surface area contributed by atoms with Gasteiger partial charge in [0.05, 0.1) is 23.2 Å². The monoisotopic (exact) mass is 356 g/mol.